The largest absolute Gasteiger partial charge is 0.480 e. The Labute approximate surface area is 236 Å². The van der Waals surface area contributed by atoms with Gasteiger partial charge in [0.25, 0.3) is 0 Å². The van der Waals surface area contributed by atoms with E-state index in [1.165, 1.54) is 0 Å². The summed E-state index contributed by atoms with van der Waals surface area (Å²) >= 11 is 0. The summed E-state index contributed by atoms with van der Waals surface area (Å²) in [6.07, 6.45) is 1.86. The Balaban J connectivity index is 2.16. The highest BCUT2D eigenvalue weighted by Gasteiger charge is 2.31. The Morgan fingerprint density at radius 1 is 0.829 bits per heavy atom. The second kappa shape index (κ2) is 15.9. The second-order valence-corrected chi connectivity index (χ2v) is 9.65. The van der Waals surface area contributed by atoms with Gasteiger partial charge in [-0.15, -0.1) is 0 Å². The van der Waals surface area contributed by atoms with E-state index in [0.29, 0.717) is 19.4 Å². The fourth-order valence-electron chi connectivity index (χ4n) is 4.17. The summed E-state index contributed by atoms with van der Waals surface area (Å²) in [5.74, 6) is -5.60. The van der Waals surface area contributed by atoms with Crippen molar-refractivity contribution in [1.82, 2.24) is 20.9 Å². The van der Waals surface area contributed by atoms with Gasteiger partial charge in [0.15, 0.2) is 0 Å². The number of aromatic amines is 1. The number of carbonyl (C=O) groups is 6. The molecule has 0 fully saturated rings. The van der Waals surface area contributed by atoms with Crippen molar-refractivity contribution in [3.63, 3.8) is 0 Å². The maximum Gasteiger partial charge on any atom is 0.326 e. The molecule has 13 N–H and O–H groups in total. The summed E-state index contributed by atoms with van der Waals surface area (Å²) in [5, 5.41) is 17.4. The maximum atomic E-state index is 13.3. The Kier molecular flexibility index (Phi) is 12.7. The predicted octanol–water partition coefficient (Wildman–Crippen LogP) is -2.15. The lowest BCUT2D eigenvalue weighted by Crippen LogP contribution is -2.57. The quantitative estimate of drug-likeness (QED) is 0.0876. The molecule has 15 nitrogen and oxygen atoms in total. The number of H-pyrrole nitrogens is 1. The van der Waals surface area contributed by atoms with Crippen molar-refractivity contribution in [3.05, 3.63) is 36.0 Å². The van der Waals surface area contributed by atoms with Crippen LogP contribution in [0.15, 0.2) is 30.5 Å². The van der Waals surface area contributed by atoms with Crippen LogP contribution < -0.4 is 38.9 Å². The third-order valence-corrected chi connectivity index (χ3v) is 6.36. The van der Waals surface area contributed by atoms with Crippen LogP contribution in [0.4, 0.5) is 0 Å². The van der Waals surface area contributed by atoms with E-state index >= 15 is 0 Å². The topological polar surface area (TPSA) is 279 Å². The van der Waals surface area contributed by atoms with Gasteiger partial charge < -0.3 is 49.0 Å². The van der Waals surface area contributed by atoms with E-state index in [9.17, 15) is 33.9 Å². The number of carboxylic acids is 1. The highest BCUT2D eigenvalue weighted by Crippen LogP contribution is 2.19. The second-order valence-electron chi connectivity index (χ2n) is 9.65. The molecule has 0 radical (unpaired) electrons. The van der Waals surface area contributed by atoms with Crippen molar-refractivity contribution in [2.75, 3.05) is 6.54 Å². The zero-order valence-electron chi connectivity index (χ0n) is 22.6. The number of unbranched alkanes of at least 4 members (excludes halogenated alkanes) is 1. The number of primary amides is 2. The Morgan fingerprint density at radius 3 is 2.05 bits per heavy atom. The van der Waals surface area contributed by atoms with Crippen molar-refractivity contribution in [3.8, 4) is 0 Å². The molecule has 0 aliphatic heterocycles. The highest BCUT2D eigenvalue weighted by molar-refractivity contribution is 5.95. The van der Waals surface area contributed by atoms with Crippen LogP contribution in [0.5, 0.6) is 0 Å². The minimum Gasteiger partial charge on any atom is -0.480 e. The number of nitrogens with one attached hydrogen (secondary N) is 4. The Hall–Kier alpha value is -4.50. The molecule has 0 spiro atoms. The lowest BCUT2D eigenvalue weighted by Gasteiger charge is -2.25. The summed E-state index contributed by atoms with van der Waals surface area (Å²) in [4.78, 5) is 76.3. The number of nitrogens with two attached hydrogens (primary N) is 4. The summed E-state index contributed by atoms with van der Waals surface area (Å²) in [6.45, 7) is 0.350. The summed E-state index contributed by atoms with van der Waals surface area (Å²) in [7, 11) is 0. The number of aliphatic carboxylic acids is 1. The maximum absolute atomic E-state index is 13.3. The minimum absolute atomic E-state index is 0.165. The predicted molar refractivity (Wildman–Crippen MR) is 149 cm³/mol. The molecule has 0 saturated carbocycles. The van der Waals surface area contributed by atoms with Crippen LogP contribution in [-0.2, 0) is 35.2 Å². The highest BCUT2D eigenvalue weighted by atomic mass is 16.4. The molecule has 1 aromatic carbocycles. The molecule has 15 heteroatoms. The van der Waals surface area contributed by atoms with Crippen LogP contribution in [0.25, 0.3) is 10.9 Å². The minimum atomic E-state index is -1.66. The first-order chi connectivity index (χ1) is 19.4. The third kappa shape index (κ3) is 10.5. The first-order valence-corrected chi connectivity index (χ1v) is 13.1. The molecule has 0 aliphatic rings. The first-order valence-electron chi connectivity index (χ1n) is 13.1. The third-order valence-electron chi connectivity index (χ3n) is 6.36. The molecule has 4 atom stereocenters. The number of rotatable bonds is 18. The van der Waals surface area contributed by atoms with Crippen molar-refractivity contribution in [2.24, 2.45) is 22.9 Å². The summed E-state index contributed by atoms with van der Waals surface area (Å²) in [6, 6.07) is 2.33. The van der Waals surface area contributed by atoms with E-state index in [2.05, 4.69) is 20.9 Å². The SMILES string of the molecule is NCCCCC(NC(=O)C(N)Cc1c[nH]c2ccccc12)C(=O)NC(CCC(N)=O)C(=O)NC(CC(N)=O)C(=O)O. The van der Waals surface area contributed by atoms with Gasteiger partial charge >= 0.3 is 5.97 Å². The van der Waals surface area contributed by atoms with Gasteiger partial charge in [-0.2, -0.15) is 0 Å². The molecule has 41 heavy (non-hydrogen) atoms. The number of amides is 5. The molecule has 4 unspecified atom stereocenters. The number of carbonyl (C=O) groups excluding carboxylic acids is 5. The van der Waals surface area contributed by atoms with E-state index in [1.807, 2.05) is 24.3 Å². The molecule has 2 aromatic rings. The molecular weight excluding hydrogens is 536 g/mol. The van der Waals surface area contributed by atoms with Crippen molar-refractivity contribution in [1.29, 1.82) is 0 Å². The monoisotopic (exact) mass is 574 g/mol. The normalized spacial score (nSPS) is 13.9. The standard InChI is InChI=1S/C26H38N8O7/c27-10-4-3-7-18(32-23(37)16(28)11-14-13-31-17-6-2-1-5-15(14)17)24(38)33-19(8-9-21(29)35)25(39)34-20(26(40)41)12-22(30)36/h1-2,5-6,13,16,18-20,31H,3-4,7-12,27-28H2,(H2,29,35)(H2,30,36)(H,32,37)(H,33,38)(H,34,39)(H,40,41). The summed E-state index contributed by atoms with van der Waals surface area (Å²) in [5.41, 5.74) is 23.7. The molecule has 1 aromatic heterocycles. The van der Waals surface area contributed by atoms with Crippen molar-refractivity contribution in [2.45, 2.75) is 69.1 Å². The van der Waals surface area contributed by atoms with Crippen LogP contribution in [0.3, 0.4) is 0 Å². The zero-order chi connectivity index (χ0) is 30.5. The van der Waals surface area contributed by atoms with Gasteiger partial charge in [0, 0.05) is 23.5 Å². The van der Waals surface area contributed by atoms with E-state index in [0.717, 1.165) is 16.5 Å². The molecular formula is C26H38N8O7. The number of hydrogen-bond acceptors (Lipinski definition) is 8. The Bertz CT molecular complexity index is 1250. The smallest absolute Gasteiger partial charge is 0.326 e. The van der Waals surface area contributed by atoms with Crippen LogP contribution in [-0.4, -0.2) is 76.3 Å². The van der Waals surface area contributed by atoms with Gasteiger partial charge in [0.2, 0.25) is 29.5 Å². The van der Waals surface area contributed by atoms with Crippen LogP contribution >= 0.6 is 0 Å². The number of aromatic nitrogens is 1. The Morgan fingerprint density at radius 2 is 1.44 bits per heavy atom. The molecule has 0 bridgehead atoms. The lowest BCUT2D eigenvalue weighted by molar-refractivity contribution is -0.144. The molecule has 224 valence electrons. The fraction of sp³-hybridized carbons (Fsp3) is 0.462. The van der Waals surface area contributed by atoms with E-state index < -0.39 is 66.1 Å². The number of benzene rings is 1. The van der Waals surface area contributed by atoms with Crippen molar-refractivity contribution < 1.29 is 33.9 Å². The molecule has 2 rings (SSSR count). The number of para-hydroxylation sites is 1. The van der Waals surface area contributed by atoms with Crippen LogP contribution in [0.1, 0.15) is 44.1 Å². The average molecular weight is 575 g/mol. The first kappa shape index (κ1) is 32.7. The van der Waals surface area contributed by atoms with E-state index in [-0.39, 0.29) is 25.7 Å². The number of hydrogen-bond donors (Lipinski definition) is 9. The molecule has 0 aliphatic carbocycles. The lowest BCUT2D eigenvalue weighted by atomic mass is 10.0. The van der Waals surface area contributed by atoms with Gasteiger partial charge in [-0.3, -0.25) is 24.0 Å². The fourth-order valence-corrected chi connectivity index (χ4v) is 4.17. The van der Waals surface area contributed by atoms with Gasteiger partial charge in [0.05, 0.1) is 12.5 Å². The van der Waals surface area contributed by atoms with Crippen LogP contribution in [0.2, 0.25) is 0 Å². The molecule has 5 amide bonds. The van der Waals surface area contributed by atoms with Crippen molar-refractivity contribution >= 4 is 46.4 Å². The van der Waals surface area contributed by atoms with Gasteiger partial charge in [-0.05, 0) is 50.3 Å². The van der Waals surface area contributed by atoms with Gasteiger partial charge in [-0.1, -0.05) is 18.2 Å². The number of fused-ring (bicyclic) bond motifs is 1. The van der Waals surface area contributed by atoms with E-state index in [1.54, 1.807) is 6.20 Å². The average Bonchev–Trinajstić information content (AvgIpc) is 3.32. The molecule has 1 heterocycles. The van der Waals surface area contributed by atoms with Crippen LogP contribution in [0, 0.1) is 0 Å². The zero-order valence-corrected chi connectivity index (χ0v) is 22.6. The molecule has 0 saturated heterocycles. The summed E-state index contributed by atoms with van der Waals surface area (Å²) < 4.78 is 0. The van der Waals surface area contributed by atoms with E-state index in [4.69, 9.17) is 22.9 Å². The van der Waals surface area contributed by atoms with Gasteiger partial charge in [-0.25, -0.2) is 4.79 Å². The van der Waals surface area contributed by atoms with Gasteiger partial charge in [0.1, 0.15) is 18.1 Å². The number of carboxylic acid groups (broad SMARTS) is 1.